The number of nitrogens with two attached hydrogens (primary N) is 1. The van der Waals surface area contributed by atoms with Crippen molar-refractivity contribution >= 4 is 28.8 Å². The Morgan fingerprint density at radius 3 is 2.67 bits per heavy atom. The summed E-state index contributed by atoms with van der Waals surface area (Å²) in [4.78, 5) is 0. The SMILES string of the molecule is N#C/C(=N\Nc1ccccc1-c1cccc(Cl)c1)C(=N)N. The van der Waals surface area contributed by atoms with Gasteiger partial charge in [-0.2, -0.15) is 10.4 Å². The number of nitrogens with zero attached hydrogens (tertiary/aromatic N) is 2. The Hall–Kier alpha value is -2.84. The standard InChI is InChI=1S/C15H12ClN5/c16-11-5-3-4-10(8-11)12-6-1-2-7-13(12)20-21-14(9-17)15(18)19/h1-8,20H,(H3,18,19)/b21-14+. The number of hydrogen-bond donors (Lipinski definition) is 3. The number of hydrogen-bond acceptors (Lipinski definition) is 4. The van der Waals surface area contributed by atoms with Crippen LogP contribution < -0.4 is 11.2 Å². The molecule has 0 radical (unpaired) electrons. The van der Waals surface area contributed by atoms with E-state index in [-0.39, 0.29) is 11.5 Å². The third kappa shape index (κ3) is 3.59. The minimum absolute atomic E-state index is 0.170. The van der Waals surface area contributed by atoms with E-state index in [1.54, 1.807) is 12.1 Å². The third-order valence-corrected chi connectivity index (χ3v) is 2.95. The first kappa shape index (κ1) is 14.6. The Morgan fingerprint density at radius 1 is 1.24 bits per heavy atom. The minimum atomic E-state index is -0.384. The van der Waals surface area contributed by atoms with E-state index in [1.807, 2.05) is 42.5 Å². The van der Waals surface area contributed by atoms with Gasteiger partial charge in [0.15, 0.2) is 5.84 Å². The van der Waals surface area contributed by atoms with Gasteiger partial charge in [0.2, 0.25) is 5.71 Å². The summed E-state index contributed by atoms with van der Waals surface area (Å²) in [5.74, 6) is -0.384. The van der Waals surface area contributed by atoms with Crippen LogP contribution in [-0.4, -0.2) is 11.5 Å². The lowest BCUT2D eigenvalue weighted by atomic mass is 10.0. The van der Waals surface area contributed by atoms with Crippen LogP contribution in [0, 0.1) is 16.7 Å². The maximum absolute atomic E-state index is 8.84. The van der Waals surface area contributed by atoms with Gasteiger partial charge >= 0.3 is 0 Å². The van der Waals surface area contributed by atoms with Gasteiger partial charge in [-0.3, -0.25) is 10.8 Å². The smallest absolute Gasteiger partial charge is 0.201 e. The molecule has 0 spiro atoms. The zero-order valence-electron chi connectivity index (χ0n) is 11.0. The number of halogens is 1. The van der Waals surface area contributed by atoms with Gasteiger partial charge in [0, 0.05) is 10.6 Å². The van der Waals surface area contributed by atoms with Crippen molar-refractivity contribution in [1.29, 1.82) is 10.7 Å². The minimum Gasteiger partial charge on any atom is -0.382 e. The summed E-state index contributed by atoms with van der Waals surface area (Å²) in [6.45, 7) is 0. The van der Waals surface area contributed by atoms with Crippen LogP contribution in [-0.2, 0) is 0 Å². The number of amidine groups is 1. The third-order valence-electron chi connectivity index (χ3n) is 2.71. The van der Waals surface area contributed by atoms with E-state index in [2.05, 4.69) is 10.5 Å². The predicted octanol–water partition coefficient (Wildman–Crippen LogP) is 3.23. The largest absolute Gasteiger partial charge is 0.382 e. The maximum atomic E-state index is 8.84. The van der Waals surface area contributed by atoms with E-state index in [0.29, 0.717) is 10.7 Å². The molecule has 0 amide bonds. The maximum Gasteiger partial charge on any atom is 0.201 e. The number of benzene rings is 2. The Morgan fingerprint density at radius 2 is 2.00 bits per heavy atom. The molecule has 0 saturated heterocycles. The first-order valence-corrected chi connectivity index (χ1v) is 6.43. The van der Waals surface area contributed by atoms with Crippen LogP contribution in [0.5, 0.6) is 0 Å². The van der Waals surface area contributed by atoms with E-state index >= 15 is 0 Å². The van der Waals surface area contributed by atoms with Crippen LogP contribution in [0.4, 0.5) is 5.69 Å². The second-order valence-corrected chi connectivity index (χ2v) is 4.59. The molecule has 0 unspecified atom stereocenters. The number of nitriles is 1. The van der Waals surface area contributed by atoms with Gasteiger partial charge in [-0.1, -0.05) is 41.9 Å². The van der Waals surface area contributed by atoms with Crippen molar-refractivity contribution in [3.05, 3.63) is 53.6 Å². The van der Waals surface area contributed by atoms with Crippen molar-refractivity contribution in [1.82, 2.24) is 0 Å². The summed E-state index contributed by atoms with van der Waals surface area (Å²) >= 11 is 6.00. The lowest BCUT2D eigenvalue weighted by Gasteiger charge is -2.09. The molecule has 4 N–H and O–H groups in total. The first-order chi connectivity index (χ1) is 10.1. The second kappa shape index (κ2) is 6.55. The highest BCUT2D eigenvalue weighted by Crippen LogP contribution is 2.29. The molecule has 0 fully saturated rings. The van der Waals surface area contributed by atoms with Crippen molar-refractivity contribution in [2.24, 2.45) is 10.8 Å². The molecule has 0 aliphatic rings. The predicted molar refractivity (Wildman–Crippen MR) is 85.5 cm³/mol. The highest BCUT2D eigenvalue weighted by atomic mass is 35.5. The van der Waals surface area contributed by atoms with E-state index in [0.717, 1.165) is 11.1 Å². The highest BCUT2D eigenvalue weighted by Gasteiger charge is 2.06. The monoisotopic (exact) mass is 297 g/mol. The zero-order valence-corrected chi connectivity index (χ0v) is 11.7. The van der Waals surface area contributed by atoms with Crippen molar-refractivity contribution in [3.8, 4) is 17.2 Å². The van der Waals surface area contributed by atoms with Crippen LogP contribution in [0.3, 0.4) is 0 Å². The van der Waals surface area contributed by atoms with E-state index < -0.39 is 0 Å². The van der Waals surface area contributed by atoms with Crippen molar-refractivity contribution in [2.45, 2.75) is 0 Å². The van der Waals surface area contributed by atoms with Crippen molar-refractivity contribution in [2.75, 3.05) is 5.43 Å². The Balaban J connectivity index is 2.39. The van der Waals surface area contributed by atoms with Crippen LogP contribution in [0.25, 0.3) is 11.1 Å². The van der Waals surface area contributed by atoms with Gasteiger partial charge in [0.25, 0.3) is 0 Å². The fourth-order valence-electron chi connectivity index (χ4n) is 1.75. The lowest BCUT2D eigenvalue weighted by Crippen LogP contribution is -2.21. The normalized spacial score (nSPS) is 10.8. The van der Waals surface area contributed by atoms with Gasteiger partial charge in [-0.05, 0) is 23.8 Å². The van der Waals surface area contributed by atoms with E-state index in [9.17, 15) is 0 Å². The summed E-state index contributed by atoms with van der Waals surface area (Å²) in [6.07, 6.45) is 0. The molecular formula is C15H12ClN5. The summed E-state index contributed by atoms with van der Waals surface area (Å²) in [5, 5.41) is 20.5. The van der Waals surface area contributed by atoms with Crippen molar-refractivity contribution < 1.29 is 0 Å². The molecule has 0 heterocycles. The summed E-state index contributed by atoms with van der Waals surface area (Å²) in [5.41, 5.74) is 10.3. The Bertz CT molecular complexity index is 746. The van der Waals surface area contributed by atoms with Crippen LogP contribution >= 0.6 is 11.6 Å². The molecule has 6 heteroatoms. The van der Waals surface area contributed by atoms with Gasteiger partial charge in [-0.15, -0.1) is 0 Å². The quantitative estimate of drug-likeness (QED) is 0.459. The lowest BCUT2D eigenvalue weighted by molar-refractivity contribution is 1.33. The molecule has 0 bridgehead atoms. The van der Waals surface area contributed by atoms with Gasteiger partial charge in [0.05, 0.1) is 5.69 Å². The zero-order chi connectivity index (χ0) is 15.2. The number of rotatable bonds is 4. The molecule has 0 atom stereocenters. The second-order valence-electron chi connectivity index (χ2n) is 4.15. The number of hydrazone groups is 1. The van der Waals surface area contributed by atoms with Crippen molar-refractivity contribution in [3.63, 3.8) is 0 Å². The van der Waals surface area contributed by atoms with Gasteiger partial charge < -0.3 is 5.73 Å². The average molecular weight is 298 g/mol. The average Bonchev–Trinajstić information content (AvgIpc) is 2.48. The number of anilines is 1. The summed E-state index contributed by atoms with van der Waals surface area (Å²) in [7, 11) is 0. The topological polar surface area (TPSA) is 98.0 Å². The molecule has 104 valence electrons. The summed E-state index contributed by atoms with van der Waals surface area (Å²) < 4.78 is 0. The molecule has 2 aromatic rings. The van der Waals surface area contributed by atoms with Gasteiger partial charge in [-0.25, -0.2) is 0 Å². The molecule has 0 aliphatic heterocycles. The Kier molecular flexibility index (Phi) is 4.54. The number of para-hydroxylation sites is 1. The summed E-state index contributed by atoms with van der Waals surface area (Å²) in [6, 6.07) is 16.6. The number of nitrogens with one attached hydrogen (secondary N) is 2. The molecule has 0 aliphatic carbocycles. The van der Waals surface area contributed by atoms with E-state index in [1.165, 1.54) is 0 Å². The van der Waals surface area contributed by atoms with Crippen LogP contribution in [0.2, 0.25) is 5.02 Å². The Labute approximate surface area is 127 Å². The first-order valence-electron chi connectivity index (χ1n) is 6.05. The fourth-order valence-corrected chi connectivity index (χ4v) is 1.94. The molecule has 21 heavy (non-hydrogen) atoms. The van der Waals surface area contributed by atoms with Crippen LogP contribution in [0.15, 0.2) is 53.6 Å². The molecule has 0 saturated carbocycles. The highest BCUT2D eigenvalue weighted by molar-refractivity contribution is 6.45. The molecule has 5 nitrogen and oxygen atoms in total. The van der Waals surface area contributed by atoms with Gasteiger partial charge in [0.1, 0.15) is 6.07 Å². The van der Waals surface area contributed by atoms with Crippen LogP contribution in [0.1, 0.15) is 0 Å². The van der Waals surface area contributed by atoms with E-state index in [4.69, 9.17) is 28.0 Å². The molecule has 0 aromatic heterocycles. The molecule has 2 aromatic carbocycles. The molecular weight excluding hydrogens is 286 g/mol. The molecule has 2 rings (SSSR count). The fraction of sp³-hybridized carbons (Fsp3) is 0.